The van der Waals surface area contributed by atoms with Crippen molar-refractivity contribution in [1.29, 1.82) is 0 Å². The Kier molecular flexibility index (Phi) is 7.37. The van der Waals surface area contributed by atoms with E-state index in [1.54, 1.807) is 54.8 Å². The molecule has 3 aromatic rings. The lowest BCUT2D eigenvalue weighted by atomic mass is 10.1. The summed E-state index contributed by atoms with van der Waals surface area (Å²) < 4.78 is 33.1. The van der Waals surface area contributed by atoms with Crippen molar-refractivity contribution in [3.05, 3.63) is 83.4 Å². The van der Waals surface area contributed by atoms with E-state index in [1.807, 2.05) is 0 Å². The Morgan fingerprint density at radius 1 is 1.09 bits per heavy atom. The molecular weight excluding hydrogens is 476 g/mol. The zero-order valence-corrected chi connectivity index (χ0v) is 19.6. The number of nitrogens with zero attached hydrogens (tertiary/aromatic N) is 1. The summed E-state index contributed by atoms with van der Waals surface area (Å²) in [6.07, 6.45) is 0.911. The number of halogens is 2. The maximum Gasteiger partial charge on any atom is 0.329 e. The van der Waals surface area contributed by atoms with Crippen LogP contribution in [0.15, 0.2) is 65.6 Å². The van der Waals surface area contributed by atoms with Crippen LogP contribution >= 0.6 is 11.8 Å². The molecule has 0 bridgehead atoms. The normalized spacial score (nSPS) is 17.4. The van der Waals surface area contributed by atoms with Crippen LogP contribution in [0.2, 0.25) is 0 Å². The lowest BCUT2D eigenvalue weighted by Crippen LogP contribution is -2.45. The third-order valence-electron chi connectivity index (χ3n) is 5.87. The molecule has 9 heteroatoms. The molecule has 1 amide bonds. The topological polar surface area (TPSA) is 87.1 Å². The average Bonchev–Trinajstić information content (AvgIpc) is 3.25. The van der Waals surface area contributed by atoms with Gasteiger partial charge in [0, 0.05) is 17.0 Å². The molecule has 6 nitrogen and oxygen atoms in total. The number of carbonyl (C=O) groups is 2. The molecule has 1 aliphatic rings. The Balaban J connectivity index is 1.45. The van der Waals surface area contributed by atoms with Crippen molar-refractivity contribution < 1.29 is 33.3 Å². The van der Waals surface area contributed by atoms with Gasteiger partial charge >= 0.3 is 5.97 Å². The van der Waals surface area contributed by atoms with E-state index in [1.165, 1.54) is 28.8 Å². The highest BCUT2D eigenvalue weighted by atomic mass is 32.2. The summed E-state index contributed by atoms with van der Waals surface area (Å²) >= 11 is 1.32. The Morgan fingerprint density at radius 3 is 2.49 bits per heavy atom. The van der Waals surface area contributed by atoms with Gasteiger partial charge in [0.05, 0.1) is 6.10 Å². The standard InChI is InChI=1S/C26H23F2NO5S/c1-35-23-13-21(28)20(27)12-19(23)16-5-7-18(8-6-16)34-14-15-3-2-4-17(11-15)25(31)29-10-9-22(30)24(29)26(32)33/h2-8,11-13,22,24,30H,9-10,14H2,1H3,(H,32,33)/t22-,24-/m0/s1. The van der Waals surface area contributed by atoms with E-state index < -0.39 is 35.7 Å². The van der Waals surface area contributed by atoms with E-state index in [-0.39, 0.29) is 19.6 Å². The van der Waals surface area contributed by atoms with Crippen LogP contribution in [0.5, 0.6) is 5.75 Å². The first kappa shape index (κ1) is 24.7. The molecular formula is C26H23F2NO5S. The second-order valence-electron chi connectivity index (χ2n) is 8.12. The van der Waals surface area contributed by atoms with E-state index in [9.17, 15) is 28.6 Å². The number of benzene rings is 3. The fourth-order valence-corrected chi connectivity index (χ4v) is 4.70. The van der Waals surface area contributed by atoms with Crippen molar-refractivity contribution in [2.75, 3.05) is 12.8 Å². The van der Waals surface area contributed by atoms with Gasteiger partial charge in [0.25, 0.3) is 5.91 Å². The summed E-state index contributed by atoms with van der Waals surface area (Å²) in [5, 5.41) is 19.3. The molecule has 4 rings (SSSR count). The number of thioether (sulfide) groups is 1. The summed E-state index contributed by atoms with van der Waals surface area (Å²) in [5.41, 5.74) is 2.32. The van der Waals surface area contributed by atoms with Crippen LogP contribution in [0.25, 0.3) is 11.1 Å². The summed E-state index contributed by atoms with van der Waals surface area (Å²) in [7, 11) is 0. The minimum atomic E-state index is -1.26. The number of likely N-dealkylation sites (tertiary alicyclic amines) is 1. The van der Waals surface area contributed by atoms with Crippen molar-refractivity contribution >= 4 is 23.6 Å². The van der Waals surface area contributed by atoms with Gasteiger partial charge in [0.2, 0.25) is 0 Å². The third-order valence-corrected chi connectivity index (χ3v) is 6.64. The van der Waals surface area contributed by atoms with Crippen molar-refractivity contribution in [1.82, 2.24) is 4.90 Å². The molecule has 182 valence electrons. The average molecular weight is 500 g/mol. The van der Waals surface area contributed by atoms with Gasteiger partial charge in [-0.1, -0.05) is 24.3 Å². The zero-order chi connectivity index (χ0) is 25.1. The molecule has 1 saturated heterocycles. The van der Waals surface area contributed by atoms with Gasteiger partial charge < -0.3 is 19.8 Å². The number of aliphatic carboxylic acids is 1. The predicted molar refractivity (Wildman–Crippen MR) is 127 cm³/mol. The van der Waals surface area contributed by atoms with E-state index in [2.05, 4.69) is 0 Å². The largest absolute Gasteiger partial charge is 0.489 e. The molecule has 2 atom stereocenters. The van der Waals surface area contributed by atoms with Crippen LogP contribution in [-0.4, -0.2) is 51.9 Å². The second kappa shape index (κ2) is 10.5. The van der Waals surface area contributed by atoms with Crippen molar-refractivity contribution in [3.8, 4) is 16.9 Å². The highest BCUT2D eigenvalue weighted by Crippen LogP contribution is 2.33. The molecule has 0 unspecified atom stereocenters. The molecule has 0 radical (unpaired) electrons. The number of carboxylic acids is 1. The number of ether oxygens (including phenoxy) is 1. The molecule has 35 heavy (non-hydrogen) atoms. The number of aliphatic hydroxyl groups excluding tert-OH is 1. The smallest absolute Gasteiger partial charge is 0.329 e. The number of hydrogen-bond donors (Lipinski definition) is 2. The first-order valence-corrected chi connectivity index (χ1v) is 12.1. The Hall–Kier alpha value is -3.43. The van der Waals surface area contributed by atoms with Gasteiger partial charge in [-0.15, -0.1) is 11.8 Å². The van der Waals surface area contributed by atoms with Gasteiger partial charge in [-0.05, 0) is 65.8 Å². The van der Waals surface area contributed by atoms with Gasteiger partial charge in [-0.3, -0.25) is 4.79 Å². The first-order valence-electron chi connectivity index (χ1n) is 10.9. The maximum absolute atomic E-state index is 13.8. The molecule has 1 aliphatic heterocycles. The summed E-state index contributed by atoms with van der Waals surface area (Å²) in [6.45, 7) is 0.326. The number of aliphatic hydroxyl groups is 1. The SMILES string of the molecule is CSc1cc(F)c(F)cc1-c1ccc(OCc2cccc(C(=O)N3CC[C@H](O)[C@H]3C(=O)O)c2)cc1. The summed E-state index contributed by atoms with van der Waals surface area (Å²) in [4.78, 5) is 26.1. The summed E-state index contributed by atoms with van der Waals surface area (Å²) in [6, 6.07) is 14.7. The minimum Gasteiger partial charge on any atom is -0.489 e. The molecule has 2 N–H and O–H groups in total. The molecule has 0 saturated carbocycles. The quantitative estimate of drug-likeness (QED) is 0.463. The lowest BCUT2D eigenvalue weighted by Gasteiger charge is -2.23. The van der Waals surface area contributed by atoms with E-state index in [4.69, 9.17) is 4.74 Å². The molecule has 3 aromatic carbocycles. The van der Waals surface area contributed by atoms with Crippen LogP contribution in [0, 0.1) is 11.6 Å². The lowest BCUT2D eigenvalue weighted by molar-refractivity contribution is -0.144. The van der Waals surface area contributed by atoms with Gasteiger partial charge in [-0.25, -0.2) is 13.6 Å². The Morgan fingerprint density at radius 2 is 1.80 bits per heavy atom. The van der Waals surface area contributed by atoms with Crippen molar-refractivity contribution in [2.24, 2.45) is 0 Å². The van der Waals surface area contributed by atoms with Crippen molar-refractivity contribution in [3.63, 3.8) is 0 Å². The van der Waals surface area contributed by atoms with Crippen LogP contribution in [0.1, 0.15) is 22.3 Å². The first-order chi connectivity index (χ1) is 16.8. The van der Waals surface area contributed by atoms with Crippen LogP contribution < -0.4 is 4.74 Å². The second-order valence-corrected chi connectivity index (χ2v) is 8.97. The van der Waals surface area contributed by atoms with E-state index >= 15 is 0 Å². The highest BCUT2D eigenvalue weighted by Gasteiger charge is 2.41. The molecule has 1 fully saturated rings. The zero-order valence-electron chi connectivity index (χ0n) is 18.8. The predicted octanol–water partition coefficient (Wildman–Crippen LogP) is 4.59. The number of carbonyl (C=O) groups excluding carboxylic acids is 1. The fourth-order valence-electron chi connectivity index (χ4n) is 4.08. The highest BCUT2D eigenvalue weighted by molar-refractivity contribution is 7.98. The van der Waals surface area contributed by atoms with Crippen LogP contribution in [0.4, 0.5) is 8.78 Å². The van der Waals surface area contributed by atoms with Gasteiger partial charge in [-0.2, -0.15) is 0 Å². The number of amides is 1. The number of carboxylic acid groups (broad SMARTS) is 1. The molecule has 0 aromatic heterocycles. The van der Waals surface area contributed by atoms with E-state index in [0.29, 0.717) is 32.9 Å². The van der Waals surface area contributed by atoms with Crippen LogP contribution in [0.3, 0.4) is 0 Å². The van der Waals surface area contributed by atoms with Crippen molar-refractivity contribution in [2.45, 2.75) is 30.1 Å². The monoisotopic (exact) mass is 499 g/mol. The fraction of sp³-hybridized carbons (Fsp3) is 0.231. The third kappa shape index (κ3) is 5.31. The van der Waals surface area contributed by atoms with Gasteiger partial charge in [0.15, 0.2) is 17.7 Å². The summed E-state index contributed by atoms with van der Waals surface area (Å²) in [5.74, 6) is -2.95. The Labute approximate surface area is 205 Å². The molecule has 0 aliphatic carbocycles. The maximum atomic E-state index is 13.8. The van der Waals surface area contributed by atoms with E-state index in [0.717, 1.165) is 0 Å². The number of rotatable bonds is 7. The van der Waals surface area contributed by atoms with Gasteiger partial charge in [0.1, 0.15) is 12.4 Å². The molecule has 0 spiro atoms. The van der Waals surface area contributed by atoms with Crippen LogP contribution in [-0.2, 0) is 11.4 Å². The minimum absolute atomic E-state index is 0.159. The molecule has 1 heterocycles. The Bertz CT molecular complexity index is 1250. The number of hydrogen-bond acceptors (Lipinski definition) is 5.